The lowest BCUT2D eigenvalue weighted by Crippen LogP contribution is -2.50. The van der Waals surface area contributed by atoms with E-state index in [4.69, 9.17) is 4.74 Å². The van der Waals surface area contributed by atoms with Crippen LogP contribution in [0.2, 0.25) is 0 Å². The maximum Gasteiger partial charge on any atom is 0.0585 e. The van der Waals surface area contributed by atoms with Crippen molar-refractivity contribution in [3.8, 4) is 0 Å². The topological polar surface area (TPSA) is 12.5 Å². The Morgan fingerprint density at radius 3 is 1.57 bits per heavy atom. The van der Waals surface area contributed by atoms with Crippen LogP contribution in [0.5, 0.6) is 0 Å². The van der Waals surface area contributed by atoms with Gasteiger partial charge in [-0.15, -0.1) is 0 Å². The van der Waals surface area contributed by atoms with Gasteiger partial charge in [-0.2, -0.15) is 0 Å². The van der Waals surface area contributed by atoms with Crippen LogP contribution in [0.3, 0.4) is 0 Å². The van der Waals surface area contributed by atoms with Gasteiger partial charge >= 0.3 is 0 Å². The molecular weight excluding hydrogens is 450 g/mol. The Morgan fingerprint density at radius 1 is 0.595 bits per heavy atom. The fraction of sp³-hybridized carbons (Fsp3) is 1.00. The van der Waals surface area contributed by atoms with Gasteiger partial charge in [0.2, 0.25) is 0 Å². The Balaban J connectivity index is 1.63. The highest BCUT2D eigenvalue weighted by atomic mass is 16.5. The monoisotopic (exact) mass is 520 g/mol. The molecule has 2 unspecified atom stereocenters. The van der Waals surface area contributed by atoms with Crippen LogP contribution in [0, 0.1) is 17.3 Å². The molecule has 2 atom stereocenters. The molecule has 1 heterocycles. The molecule has 0 aromatic heterocycles. The molecule has 1 saturated carbocycles. The summed E-state index contributed by atoms with van der Waals surface area (Å²) in [6.45, 7) is 14.4. The number of nitrogens with zero attached hydrogens (tertiary/aromatic N) is 1. The largest absolute Gasteiger partial charge is 0.378 e. The van der Waals surface area contributed by atoms with Crippen LogP contribution in [0.15, 0.2) is 0 Å². The van der Waals surface area contributed by atoms with Crippen molar-refractivity contribution in [2.24, 2.45) is 17.3 Å². The molecule has 220 valence electrons. The highest BCUT2D eigenvalue weighted by Crippen LogP contribution is 2.50. The van der Waals surface area contributed by atoms with E-state index < -0.39 is 0 Å². The molecule has 2 heteroatoms. The summed E-state index contributed by atoms with van der Waals surface area (Å²) in [5.74, 6) is 1.86. The lowest BCUT2D eigenvalue weighted by Gasteiger charge is -2.52. The smallest absolute Gasteiger partial charge is 0.0585 e. The van der Waals surface area contributed by atoms with Crippen LogP contribution in [0.25, 0.3) is 0 Å². The fourth-order valence-electron chi connectivity index (χ4n) is 7.25. The standard InChI is InChI=1S/C35H69NO/c1-5-9-13-17-20-32(19-15-11-7-3)23-28-37-34-29-35(30-34)24-26-36(27-25-35)31-33(21-16-12-8-4)22-18-14-10-6-2/h32-34H,5-31H2,1-4H3. The predicted octanol–water partition coefficient (Wildman–Crippen LogP) is 11.0. The van der Waals surface area contributed by atoms with Gasteiger partial charge in [-0.25, -0.2) is 0 Å². The zero-order valence-electron chi connectivity index (χ0n) is 26.2. The van der Waals surface area contributed by atoms with E-state index >= 15 is 0 Å². The molecule has 2 fully saturated rings. The van der Waals surface area contributed by atoms with Gasteiger partial charge in [0.1, 0.15) is 0 Å². The summed E-state index contributed by atoms with van der Waals surface area (Å²) in [7, 11) is 0. The first-order chi connectivity index (χ1) is 18.1. The van der Waals surface area contributed by atoms with E-state index in [9.17, 15) is 0 Å². The van der Waals surface area contributed by atoms with Gasteiger partial charge in [-0.05, 0) is 75.3 Å². The zero-order chi connectivity index (χ0) is 26.6. The van der Waals surface area contributed by atoms with Crippen LogP contribution in [-0.4, -0.2) is 37.2 Å². The van der Waals surface area contributed by atoms with E-state index in [1.54, 1.807) is 0 Å². The molecule has 0 radical (unpaired) electrons. The van der Waals surface area contributed by atoms with Crippen molar-refractivity contribution in [3.63, 3.8) is 0 Å². The third-order valence-electron chi connectivity index (χ3n) is 10.00. The summed E-state index contributed by atoms with van der Waals surface area (Å²) in [5.41, 5.74) is 0.640. The van der Waals surface area contributed by atoms with Crippen molar-refractivity contribution >= 4 is 0 Å². The Morgan fingerprint density at radius 2 is 1.05 bits per heavy atom. The minimum absolute atomic E-state index is 0.572. The van der Waals surface area contributed by atoms with Gasteiger partial charge in [0.05, 0.1) is 6.10 Å². The molecule has 1 spiro atoms. The lowest BCUT2D eigenvalue weighted by atomic mass is 9.61. The first-order valence-electron chi connectivity index (χ1n) is 17.5. The molecule has 37 heavy (non-hydrogen) atoms. The van der Waals surface area contributed by atoms with Gasteiger partial charge in [0.15, 0.2) is 0 Å². The number of hydrogen-bond acceptors (Lipinski definition) is 2. The highest BCUT2D eigenvalue weighted by Gasteiger charge is 2.46. The van der Waals surface area contributed by atoms with E-state index in [1.165, 1.54) is 167 Å². The summed E-state index contributed by atoms with van der Waals surface area (Å²) in [5, 5.41) is 0. The quantitative estimate of drug-likeness (QED) is 0.118. The molecule has 2 nitrogen and oxygen atoms in total. The second-order valence-electron chi connectivity index (χ2n) is 13.4. The molecule has 0 bridgehead atoms. The van der Waals surface area contributed by atoms with Crippen LogP contribution >= 0.6 is 0 Å². The fourth-order valence-corrected chi connectivity index (χ4v) is 7.25. The Labute approximate surface area is 234 Å². The van der Waals surface area contributed by atoms with E-state index in [2.05, 4.69) is 32.6 Å². The number of hydrogen-bond donors (Lipinski definition) is 0. The lowest BCUT2D eigenvalue weighted by molar-refractivity contribution is -0.108. The average Bonchev–Trinajstić information content (AvgIpc) is 2.88. The minimum atomic E-state index is 0.572. The van der Waals surface area contributed by atoms with Gasteiger partial charge in [-0.1, -0.05) is 130 Å². The summed E-state index contributed by atoms with van der Waals surface area (Å²) in [6.07, 6.45) is 33.0. The van der Waals surface area contributed by atoms with Crippen molar-refractivity contribution in [2.45, 2.75) is 181 Å². The summed E-state index contributed by atoms with van der Waals surface area (Å²) >= 11 is 0. The molecule has 1 saturated heterocycles. The van der Waals surface area contributed by atoms with Crippen molar-refractivity contribution in [1.29, 1.82) is 0 Å². The molecule has 1 aliphatic heterocycles. The summed E-state index contributed by atoms with van der Waals surface area (Å²) < 4.78 is 6.47. The Kier molecular flexibility index (Phi) is 18.6. The van der Waals surface area contributed by atoms with Crippen molar-refractivity contribution in [3.05, 3.63) is 0 Å². The third kappa shape index (κ3) is 14.2. The zero-order valence-corrected chi connectivity index (χ0v) is 26.2. The van der Waals surface area contributed by atoms with E-state index in [0.29, 0.717) is 11.5 Å². The summed E-state index contributed by atoms with van der Waals surface area (Å²) in [4.78, 5) is 2.84. The first kappa shape index (κ1) is 33.1. The van der Waals surface area contributed by atoms with Crippen LogP contribution in [-0.2, 0) is 4.74 Å². The highest BCUT2D eigenvalue weighted by molar-refractivity contribution is 4.98. The van der Waals surface area contributed by atoms with Gasteiger partial charge in [0, 0.05) is 13.2 Å². The minimum Gasteiger partial charge on any atom is -0.378 e. The SMILES string of the molecule is CCCCCCC(CCCCC)CCOC1CC2(CCN(CC(CCCCC)CCCCCC)CC2)C1. The van der Waals surface area contributed by atoms with Gasteiger partial charge < -0.3 is 9.64 Å². The molecule has 0 N–H and O–H groups in total. The Bertz CT molecular complexity index is 503. The molecule has 0 amide bonds. The second-order valence-corrected chi connectivity index (χ2v) is 13.4. The van der Waals surface area contributed by atoms with E-state index in [1.807, 2.05) is 0 Å². The number of likely N-dealkylation sites (tertiary alicyclic amines) is 1. The van der Waals surface area contributed by atoms with Gasteiger partial charge in [-0.3, -0.25) is 0 Å². The third-order valence-corrected chi connectivity index (χ3v) is 10.00. The number of ether oxygens (including phenoxy) is 1. The molecule has 0 aromatic rings. The first-order valence-corrected chi connectivity index (χ1v) is 17.5. The van der Waals surface area contributed by atoms with Crippen molar-refractivity contribution < 1.29 is 4.74 Å². The maximum atomic E-state index is 6.47. The molecule has 2 aliphatic rings. The predicted molar refractivity (Wildman–Crippen MR) is 164 cm³/mol. The van der Waals surface area contributed by atoms with Crippen LogP contribution < -0.4 is 0 Å². The maximum absolute atomic E-state index is 6.47. The molecule has 2 rings (SSSR count). The summed E-state index contributed by atoms with van der Waals surface area (Å²) in [6, 6.07) is 0. The Hall–Kier alpha value is -0.0800. The van der Waals surface area contributed by atoms with Gasteiger partial charge in [0.25, 0.3) is 0 Å². The molecule has 1 aliphatic carbocycles. The molecular formula is C35H69NO. The second kappa shape index (κ2) is 20.8. The van der Waals surface area contributed by atoms with Crippen LogP contribution in [0.4, 0.5) is 0 Å². The average molecular weight is 520 g/mol. The van der Waals surface area contributed by atoms with E-state index in [-0.39, 0.29) is 0 Å². The molecule has 0 aromatic carbocycles. The van der Waals surface area contributed by atoms with Crippen molar-refractivity contribution in [2.75, 3.05) is 26.2 Å². The van der Waals surface area contributed by atoms with E-state index in [0.717, 1.165) is 18.4 Å². The number of piperidine rings is 1. The van der Waals surface area contributed by atoms with Crippen LogP contribution in [0.1, 0.15) is 175 Å². The number of rotatable bonds is 24. The van der Waals surface area contributed by atoms with Crippen molar-refractivity contribution in [1.82, 2.24) is 4.90 Å². The normalized spacial score (nSPS) is 19.8. The number of unbranched alkanes of at least 4 members (excludes halogenated alkanes) is 10.